The van der Waals surface area contributed by atoms with Crippen molar-refractivity contribution in [2.24, 2.45) is 0 Å². The molecule has 9 heteroatoms. The molecule has 27 heavy (non-hydrogen) atoms. The number of carbonyl (C=O) groups is 1. The van der Waals surface area contributed by atoms with Gasteiger partial charge in [-0.3, -0.25) is 4.90 Å². The first-order valence-electron chi connectivity index (χ1n) is 8.64. The van der Waals surface area contributed by atoms with E-state index in [1.807, 2.05) is 0 Å². The lowest BCUT2D eigenvalue weighted by molar-refractivity contribution is 0.0600. The number of hydrogen-bond acceptors (Lipinski definition) is 9. The number of phenols is 1. The Kier molecular flexibility index (Phi) is 20.9. The maximum Gasteiger partial charge on any atom is 0.337 e. The number of methoxy groups -OCH3 is 1. The smallest absolute Gasteiger partial charge is 0.337 e. The van der Waals surface area contributed by atoms with Gasteiger partial charge in [0.05, 0.1) is 32.5 Å². The van der Waals surface area contributed by atoms with Crippen LogP contribution in [0.3, 0.4) is 0 Å². The second-order valence-electron chi connectivity index (χ2n) is 5.21. The number of carbonyl (C=O) groups excluding carboxylic acids is 1. The monoisotopic (exact) mass is 391 g/mol. The van der Waals surface area contributed by atoms with Crippen LogP contribution in [0.1, 0.15) is 23.2 Å². The Balaban J connectivity index is 0. The van der Waals surface area contributed by atoms with Gasteiger partial charge in [-0.05, 0) is 37.1 Å². The van der Waals surface area contributed by atoms with Gasteiger partial charge in [-0.2, -0.15) is 0 Å². The van der Waals surface area contributed by atoms with Crippen LogP contribution in [0.15, 0.2) is 24.3 Å². The second-order valence-corrected chi connectivity index (χ2v) is 5.21. The highest BCUT2D eigenvalue weighted by Gasteiger charge is 2.02. The van der Waals surface area contributed by atoms with Crippen LogP contribution in [0.25, 0.3) is 0 Å². The molecule has 1 aromatic rings. The van der Waals surface area contributed by atoms with Crippen LogP contribution in [0.4, 0.5) is 0 Å². The molecule has 1 aromatic carbocycles. The van der Waals surface area contributed by atoms with Crippen molar-refractivity contribution in [2.45, 2.75) is 12.8 Å². The predicted molar refractivity (Wildman–Crippen MR) is 101 cm³/mol. The molecule has 9 nitrogen and oxygen atoms in total. The summed E-state index contributed by atoms with van der Waals surface area (Å²) >= 11 is 0. The lowest BCUT2D eigenvalue weighted by atomic mass is 10.2. The number of aliphatic hydroxyl groups is 5. The van der Waals surface area contributed by atoms with Gasteiger partial charge in [-0.15, -0.1) is 0 Å². The third kappa shape index (κ3) is 17.4. The molecule has 0 fully saturated rings. The zero-order valence-corrected chi connectivity index (χ0v) is 15.8. The van der Waals surface area contributed by atoms with Gasteiger partial charge in [0.25, 0.3) is 0 Å². The van der Waals surface area contributed by atoms with E-state index in [-0.39, 0.29) is 38.8 Å². The van der Waals surface area contributed by atoms with Crippen molar-refractivity contribution >= 4 is 5.97 Å². The van der Waals surface area contributed by atoms with Gasteiger partial charge in [-0.1, -0.05) is 0 Å². The highest BCUT2D eigenvalue weighted by Crippen LogP contribution is 2.09. The Morgan fingerprint density at radius 1 is 0.815 bits per heavy atom. The summed E-state index contributed by atoms with van der Waals surface area (Å²) in [6.07, 6.45) is 1.44. The van der Waals surface area contributed by atoms with E-state index in [2.05, 4.69) is 4.74 Å². The molecular formula is C18H33NO8. The number of aromatic hydroxyl groups is 1. The fraction of sp³-hybridized carbons (Fsp3) is 0.611. The van der Waals surface area contributed by atoms with Crippen molar-refractivity contribution in [1.82, 2.24) is 4.90 Å². The molecule has 0 aromatic heterocycles. The molecule has 0 heterocycles. The molecule has 0 radical (unpaired) electrons. The molecule has 0 unspecified atom stereocenters. The minimum Gasteiger partial charge on any atom is -0.508 e. The van der Waals surface area contributed by atoms with Crippen LogP contribution < -0.4 is 0 Å². The number of unbranched alkanes of at least 4 members (excludes halogenated alkanes) is 1. The molecule has 0 bridgehead atoms. The van der Waals surface area contributed by atoms with Gasteiger partial charge in [-0.25, -0.2) is 4.79 Å². The van der Waals surface area contributed by atoms with Gasteiger partial charge in [0.1, 0.15) is 5.75 Å². The summed E-state index contributed by atoms with van der Waals surface area (Å²) in [5, 5.41) is 50.5. The van der Waals surface area contributed by atoms with E-state index in [1.165, 1.54) is 31.4 Å². The minimum absolute atomic E-state index is 0.0694. The Bertz CT molecular complexity index is 423. The summed E-state index contributed by atoms with van der Waals surface area (Å²) in [4.78, 5) is 12.6. The fourth-order valence-corrected chi connectivity index (χ4v) is 1.70. The number of benzene rings is 1. The topological polar surface area (TPSA) is 151 Å². The zero-order chi connectivity index (χ0) is 20.9. The van der Waals surface area contributed by atoms with Crippen LogP contribution in [0.5, 0.6) is 5.75 Å². The first-order valence-corrected chi connectivity index (χ1v) is 8.64. The van der Waals surface area contributed by atoms with Crippen molar-refractivity contribution in [3.8, 4) is 5.75 Å². The van der Waals surface area contributed by atoms with Crippen molar-refractivity contribution in [1.29, 1.82) is 0 Å². The van der Waals surface area contributed by atoms with Crippen LogP contribution in [0, 0.1) is 0 Å². The minimum atomic E-state index is -0.398. The van der Waals surface area contributed by atoms with E-state index in [9.17, 15) is 4.79 Å². The second kappa shape index (κ2) is 20.6. The predicted octanol–water partition coefficient (Wildman–Crippen LogP) is -0.805. The Labute approximate surface area is 160 Å². The van der Waals surface area contributed by atoms with Crippen LogP contribution in [0.2, 0.25) is 0 Å². The number of hydrogen-bond donors (Lipinski definition) is 6. The van der Waals surface area contributed by atoms with Crippen molar-refractivity contribution in [3.63, 3.8) is 0 Å². The van der Waals surface area contributed by atoms with E-state index in [0.717, 1.165) is 12.8 Å². The molecule has 1 rings (SSSR count). The number of phenolic OH excluding ortho intramolecular Hbond substituents is 1. The molecular weight excluding hydrogens is 358 g/mol. The molecule has 0 saturated heterocycles. The first-order chi connectivity index (χ1) is 13.0. The van der Waals surface area contributed by atoms with E-state index in [4.69, 9.17) is 30.6 Å². The highest BCUT2D eigenvalue weighted by molar-refractivity contribution is 5.89. The van der Waals surface area contributed by atoms with E-state index < -0.39 is 5.97 Å². The molecule has 0 spiro atoms. The number of esters is 1. The Morgan fingerprint density at radius 2 is 1.22 bits per heavy atom. The maximum absolute atomic E-state index is 10.8. The van der Waals surface area contributed by atoms with Crippen molar-refractivity contribution in [3.05, 3.63) is 29.8 Å². The largest absolute Gasteiger partial charge is 0.508 e. The summed E-state index contributed by atoms with van der Waals surface area (Å²) in [7, 11) is 1.31. The molecule has 0 aliphatic rings. The lowest BCUT2D eigenvalue weighted by Gasteiger charge is -2.17. The average molecular weight is 391 g/mol. The van der Waals surface area contributed by atoms with Gasteiger partial charge < -0.3 is 35.4 Å². The van der Waals surface area contributed by atoms with E-state index in [0.29, 0.717) is 25.2 Å². The van der Waals surface area contributed by atoms with Crippen LogP contribution in [-0.2, 0) is 4.74 Å². The van der Waals surface area contributed by atoms with E-state index >= 15 is 0 Å². The normalized spacial score (nSPS) is 9.74. The third-order valence-electron chi connectivity index (χ3n) is 3.10. The van der Waals surface area contributed by atoms with Gasteiger partial charge in [0, 0.05) is 32.8 Å². The average Bonchev–Trinajstić information content (AvgIpc) is 2.68. The molecule has 0 saturated carbocycles. The summed E-state index contributed by atoms with van der Waals surface area (Å²) in [6.45, 7) is 2.14. The fourth-order valence-electron chi connectivity index (χ4n) is 1.70. The summed E-state index contributed by atoms with van der Waals surface area (Å²) in [5.74, 6) is -0.261. The van der Waals surface area contributed by atoms with Gasteiger partial charge in [0.15, 0.2) is 0 Å². The molecule has 0 amide bonds. The van der Waals surface area contributed by atoms with E-state index in [1.54, 1.807) is 4.90 Å². The van der Waals surface area contributed by atoms with Gasteiger partial charge in [0.2, 0.25) is 0 Å². The molecule has 6 N–H and O–H groups in total. The number of aliphatic hydroxyl groups excluding tert-OH is 5. The Hall–Kier alpha value is -1.75. The SMILES string of the molecule is COC(=O)c1ccc(O)cc1.OCCCCO.OCCN(CCO)CCO. The Morgan fingerprint density at radius 3 is 1.52 bits per heavy atom. The number of ether oxygens (including phenoxy) is 1. The summed E-state index contributed by atoms with van der Waals surface area (Å²) in [5.41, 5.74) is 0.435. The zero-order valence-electron chi connectivity index (χ0n) is 15.8. The van der Waals surface area contributed by atoms with Crippen LogP contribution in [-0.4, -0.2) is 101 Å². The molecule has 0 aliphatic carbocycles. The van der Waals surface area contributed by atoms with Crippen molar-refractivity contribution < 1.29 is 40.2 Å². The molecule has 0 atom stereocenters. The summed E-state index contributed by atoms with van der Waals surface area (Å²) in [6, 6.07) is 5.88. The highest BCUT2D eigenvalue weighted by atomic mass is 16.5. The quantitative estimate of drug-likeness (QED) is 0.222. The molecule has 0 aliphatic heterocycles. The maximum atomic E-state index is 10.8. The van der Waals surface area contributed by atoms with Crippen molar-refractivity contribution in [2.75, 3.05) is 59.8 Å². The lowest BCUT2D eigenvalue weighted by Crippen LogP contribution is -2.32. The van der Waals surface area contributed by atoms with Gasteiger partial charge >= 0.3 is 5.97 Å². The number of nitrogens with zero attached hydrogens (tertiary/aromatic N) is 1. The summed E-state index contributed by atoms with van der Waals surface area (Å²) < 4.78 is 4.46. The number of rotatable bonds is 10. The first kappa shape index (κ1) is 27.5. The molecule has 158 valence electrons. The third-order valence-corrected chi connectivity index (χ3v) is 3.10. The van der Waals surface area contributed by atoms with Crippen LogP contribution >= 0.6 is 0 Å². The standard InChI is InChI=1S/C8H8O3.C6H15NO3.C4H10O2/c1-11-8(10)6-2-4-7(9)5-3-6;8-4-1-7(2-5-9)3-6-10;5-3-1-2-4-6/h2-5,9H,1H3;8-10H,1-6H2;5-6H,1-4H2.